The molecule has 0 unspecified atom stereocenters. The van der Waals surface area contributed by atoms with Crippen LogP contribution in [0, 0.1) is 0 Å². The standard InChI is InChI=1S/C12H17N3O2/c1-2-13-12(17)9-3-4-11(14-7-9)15-6-5-10(16)8-15/h3-4,7,10,16H,2,5-6,8H2,1H3,(H,13,17)/t10-/m0/s1. The zero-order valence-electron chi connectivity index (χ0n) is 9.89. The summed E-state index contributed by atoms with van der Waals surface area (Å²) in [6.45, 7) is 3.92. The molecule has 1 aliphatic heterocycles. The summed E-state index contributed by atoms with van der Waals surface area (Å²) in [5, 5.41) is 12.2. The van der Waals surface area contributed by atoms with E-state index in [9.17, 15) is 9.90 Å². The van der Waals surface area contributed by atoms with Crippen LogP contribution in [0.1, 0.15) is 23.7 Å². The summed E-state index contributed by atoms with van der Waals surface area (Å²) in [6, 6.07) is 3.58. The van der Waals surface area contributed by atoms with E-state index in [2.05, 4.69) is 10.3 Å². The topological polar surface area (TPSA) is 65.5 Å². The molecule has 1 atom stereocenters. The van der Waals surface area contributed by atoms with E-state index in [1.54, 1.807) is 12.3 Å². The summed E-state index contributed by atoms with van der Waals surface area (Å²) in [5.74, 6) is 0.711. The minimum Gasteiger partial charge on any atom is -0.391 e. The van der Waals surface area contributed by atoms with Gasteiger partial charge in [-0.2, -0.15) is 0 Å². The fourth-order valence-corrected chi connectivity index (χ4v) is 1.92. The number of hydrogen-bond donors (Lipinski definition) is 2. The van der Waals surface area contributed by atoms with Crippen LogP contribution in [-0.4, -0.2) is 41.7 Å². The third-order valence-corrected chi connectivity index (χ3v) is 2.83. The van der Waals surface area contributed by atoms with Gasteiger partial charge in [0.2, 0.25) is 0 Å². The van der Waals surface area contributed by atoms with Crippen LogP contribution in [0.3, 0.4) is 0 Å². The number of nitrogens with zero attached hydrogens (tertiary/aromatic N) is 2. The second-order valence-corrected chi connectivity index (χ2v) is 4.15. The van der Waals surface area contributed by atoms with Gasteiger partial charge >= 0.3 is 0 Å². The number of aliphatic hydroxyl groups is 1. The summed E-state index contributed by atoms with van der Waals surface area (Å²) in [6.07, 6.45) is 2.09. The van der Waals surface area contributed by atoms with E-state index in [1.807, 2.05) is 17.9 Å². The summed E-state index contributed by atoms with van der Waals surface area (Å²) >= 11 is 0. The molecule has 1 fully saturated rings. The Kier molecular flexibility index (Phi) is 3.58. The van der Waals surface area contributed by atoms with Gasteiger partial charge in [0.1, 0.15) is 5.82 Å². The third-order valence-electron chi connectivity index (χ3n) is 2.83. The van der Waals surface area contributed by atoms with Crippen LogP contribution in [-0.2, 0) is 0 Å². The zero-order valence-corrected chi connectivity index (χ0v) is 9.89. The van der Waals surface area contributed by atoms with E-state index >= 15 is 0 Å². The molecule has 1 aromatic rings. The number of hydrogen-bond acceptors (Lipinski definition) is 4. The van der Waals surface area contributed by atoms with Crippen molar-refractivity contribution in [3.05, 3.63) is 23.9 Å². The second kappa shape index (κ2) is 5.14. The van der Waals surface area contributed by atoms with E-state index in [0.29, 0.717) is 18.7 Å². The molecule has 0 aromatic carbocycles. The zero-order chi connectivity index (χ0) is 12.3. The van der Waals surface area contributed by atoms with Gasteiger partial charge in [-0.05, 0) is 25.5 Å². The van der Waals surface area contributed by atoms with Gasteiger partial charge in [-0.1, -0.05) is 0 Å². The lowest BCUT2D eigenvalue weighted by Gasteiger charge is -2.16. The largest absolute Gasteiger partial charge is 0.391 e. The number of anilines is 1. The Morgan fingerprint density at radius 2 is 2.47 bits per heavy atom. The Morgan fingerprint density at radius 3 is 3.00 bits per heavy atom. The molecule has 0 saturated carbocycles. The Hall–Kier alpha value is -1.62. The number of carbonyl (C=O) groups is 1. The van der Waals surface area contributed by atoms with Crippen molar-refractivity contribution >= 4 is 11.7 Å². The van der Waals surface area contributed by atoms with Gasteiger partial charge in [0.25, 0.3) is 5.91 Å². The third kappa shape index (κ3) is 2.74. The van der Waals surface area contributed by atoms with Crippen molar-refractivity contribution in [2.45, 2.75) is 19.4 Å². The number of carbonyl (C=O) groups excluding carboxylic acids is 1. The van der Waals surface area contributed by atoms with Crippen LogP contribution < -0.4 is 10.2 Å². The summed E-state index contributed by atoms with van der Waals surface area (Å²) in [4.78, 5) is 17.8. The normalized spacial score (nSPS) is 19.4. The lowest BCUT2D eigenvalue weighted by molar-refractivity contribution is 0.0955. The van der Waals surface area contributed by atoms with Crippen LogP contribution in [0.4, 0.5) is 5.82 Å². The number of rotatable bonds is 3. The van der Waals surface area contributed by atoms with Crippen molar-refractivity contribution in [3.63, 3.8) is 0 Å². The predicted molar refractivity (Wildman–Crippen MR) is 65.1 cm³/mol. The molecule has 0 bridgehead atoms. The molecule has 0 aliphatic carbocycles. The highest BCUT2D eigenvalue weighted by Gasteiger charge is 2.21. The molecule has 1 aliphatic rings. The highest BCUT2D eigenvalue weighted by atomic mass is 16.3. The maximum Gasteiger partial charge on any atom is 0.252 e. The maximum atomic E-state index is 11.5. The first-order valence-electron chi connectivity index (χ1n) is 5.88. The Bertz CT molecular complexity index is 391. The van der Waals surface area contributed by atoms with Crippen molar-refractivity contribution in [1.29, 1.82) is 0 Å². The Balaban J connectivity index is 2.05. The van der Waals surface area contributed by atoms with Crippen LogP contribution in [0.5, 0.6) is 0 Å². The van der Waals surface area contributed by atoms with Crippen molar-refractivity contribution in [2.75, 3.05) is 24.5 Å². The average molecular weight is 235 g/mol. The van der Waals surface area contributed by atoms with Crippen LogP contribution in [0.25, 0.3) is 0 Å². The van der Waals surface area contributed by atoms with E-state index in [1.165, 1.54) is 0 Å². The van der Waals surface area contributed by atoms with E-state index in [0.717, 1.165) is 18.8 Å². The summed E-state index contributed by atoms with van der Waals surface area (Å²) in [7, 11) is 0. The van der Waals surface area contributed by atoms with Gasteiger partial charge in [0.15, 0.2) is 0 Å². The number of amides is 1. The second-order valence-electron chi connectivity index (χ2n) is 4.15. The fourth-order valence-electron chi connectivity index (χ4n) is 1.92. The minimum absolute atomic E-state index is 0.104. The Morgan fingerprint density at radius 1 is 1.65 bits per heavy atom. The lowest BCUT2D eigenvalue weighted by atomic mass is 10.2. The monoisotopic (exact) mass is 235 g/mol. The molecule has 0 radical (unpaired) electrons. The number of aliphatic hydroxyl groups excluding tert-OH is 1. The first kappa shape index (κ1) is 11.9. The molecule has 92 valence electrons. The van der Waals surface area contributed by atoms with Gasteiger partial charge in [0.05, 0.1) is 11.7 Å². The molecule has 2 rings (SSSR count). The number of pyridine rings is 1. The molecular weight excluding hydrogens is 218 g/mol. The summed E-state index contributed by atoms with van der Waals surface area (Å²) < 4.78 is 0. The predicted octanol–water partition coefficient (Wildman–Crippen LogP) is 0.402. The highest BCUT2D eigenvalue weighted by Crippen LogP contribution is 2.17. The number of nitrogens with one attached hydrogen (secondary N) is 1. The molecule has 5 nitrogen and oxygen atoms in total. The average Bonchev–Trinajstić information content (AvgIpc) is 2.76. The first-order valence-corrected chi connectivity index (χ1v) is 5.88. The highest BCUT2D eigenvalue weighted by molar-refractivity contribution is 5.93. The van der Waals surface area contributed by atoms with Gasteiger partial charge in [-0.25, -0.2) is 4.98 Å². The van der Waals surface area contributed by atoms with Crippen LogP contribution >= 0.6 is 0 Å². The van der Waals surface area contributed by atoms with Gasteiger partial charge in [-0.15, -0.1) is 0 Å². The molecular formula is C12H17N3O2. The minimum atomic E-state index is -0.264. The van der Waals surface area contributed by atoms with E-state index < -0.39 is 0 Å². The smallest absolute Gasteiger partial charge is 0.252 e. The number of β-amino-alcohol motifs (C(OH)–C–C–N with tert-alkyl or cyclic N) is 1. The first-order chi connectivity index (χ1) is 8.20. The molecule has 5 heteroatoms. The maximum absolute atomic E-state index is 11.5. The van der Waals surface area contributed by atoms with Crippen LogP contribution in [0.15, 0.2) is 18.3 Å². The van der Waals surface area contributed by atoms with Crippen molar-refractivity contribution in [2.24, 2.45) is 0 Å². The molecule has 1 aromatic heterocycles. The Labute approximate surface area is 100 Å². The van der Waals surface area contributed by atoms with E-state index in [-0.39, 0.29) is 12.0 Å². The van der Waals surface area contributed by atoms with Crippen molar-refractivity contribution in [1.82, 2.24) is 10.3 Å². The van der Waals surface area contributed by atoms with Crippen molar-refractivity contribution in [3.8, 4) is 0 Å². The summed E-state index contributed by atoms with van der Waals surface area (Å²) in [5.41, 5.74) is 0.565. The van der Waals surface area contributed by atoms with Gasteiger partial charge in [-0.3, -0.25) is 4.79 Å². The van der Waals surface area contributed by atoms with Gasteiger partial charge < -0.3 is 15.3 Å². The molecule has 1 saturated heterocycles. The molecule has 17 heavy (non-hydrogen) atoms. The SMILES string of the molecule is CCNC(=O)c1ccc(N2CC[C@H](O)C2)nc1. The fraction of sp³-hybridized carbons (Fsp3) is 0.500. The van der Waals surface area contributed by atoms with Crippen LogP contribution in [0.2, 0.25) is 0 Å². The van der Waals surface area contributed by atoms with Crippen molar-refractivity contribution < 1.29 is 9.90 Å². The molecule has 0 spiro atoms. The van der Waals surface area contributed by atoms with Gasteiger partial charge in [0, 0.05) is 25.8 Å². The lowest BCUT2D eigenvalue weighted by Crippen LogP contribution is -2.24. The quantitative estimate of drug-likeness (QED) is 0.796. The number of aromatic nitrogens is 1. The molecule has 1 amide bonds. The molecule has 2 N–H and O–H groups in total. The molecule has 2 heterocycles. The van der Waals surface area contributed by atoms with E-state index in [4.69, 9.17) is 0 Å².